The van der Waals surface area contributed by atoms with Gasteiger partial charge in [-0.05, 0) is 36.2 Å². The van der Waals surface area contributed by atoms with E-state index >= 15 is 0 Å². The molecule has 0 atom stereocenters. The molecule has 3 aromatic rings. The van der Waals surface area contributed by atoms with E-state index in [2.05, 4.69) is 14.2 Å². The number of hydrogen-bond acceptors (Lipinski definition) is 5. The first-order valence-corrected chi connectivity index (χ1v) is 13.0. The van der Waals surface area contributed by atoms with Crippen molar-refractivity contribution in [2.24, 2.45) is 5.92 Å². The van der Waals surface area contributed by atoms with E-state index in [1.807, 2.05) is 6.92 Å². The summed E-state index contributed by atoms with van der Waals surface area (Å²) >= 11 is 0. The highest BCUT2D eigenvalue weighted by atomic mass is 19.3. The Bertz CT molecular complexity index is 1530. The monoisotopic (exact) mass is 658 g/mol. The number of benzene rings is 3. The van der Waals surface area contributed by atoms with Gasteiger partial charge >= 0.3 is 24.3 Å². The minimum atomic E-state index is -4.61. The minimum absolute atomic E-state index is 0.00831. The van der Waals surface area contributed by atoms with E-state index in [9.17, 15) is 48.3 Å². The summed E-state index contributed by atoms with van der Waals surface area (Å²) < 4.78 is 176. The van der Waals surface area contributed by atoms with Crippen LogP contribution in [0.1, 0.15) is 25.3 Å². The third-order valence-corrected chi connectivity index (χ3v) is 6.28. The lowest BCUT2D eigenvalue weighted by Gasteiger charge is -2.33. The third kappa shape index (κ3) is 7.97. The van der Waals surface area contributed by atoms with Gasteiger partial charge in [-0.15, -0.1) is 0 Å². The van der Waals surface area contributed by atoms with Gasteiger partial charge in [-0.25, -0.2) is 17.6 Å². The summed E-state index contributed by atoms with van der Waals surface area (Å²) in [6.07, 6.45) is -12.2. The van der Waals surface area contributed by atoms with Crippen LogP contribution in [0, 0.1) is 29.2 Å². The highest BCUT2D eigenvalue weighted by Crippen LogP contribution is 2.39. The van der Waals surface area contributed by atoms with Crippen LogP contribution >= 0.6 is 0 Å². The maximum absolute atomic E-state index is 14.8. The molecule has 1 aliphatic rings. The van der Waals surface area contributed by atoms with E-state index in [1.54, 1.807) is 0 Å². The van der Waals surface area contributed by atoms with Crippen LogP contribution in [0.2, 0.25) is 0 Å². The van der Waals surface area contributed by atoms with Gasteiger partial charge in [0.15, 0.2) is 11.6 Å². The summed E-state index contributed by atoms with van der Waals surface area (Å²) in [5, 5.41) is 0. The summed E-state index contributed by atoms with van der Waals surface area (Å²) in [4.78, 5) is 0. The Morgan fingerprint density at radius 1 is 0.778 bits per heavy atom. The molecule has 16 heteroatoms. The van der Waals surface area contributed by atoms with Crippen molar-refractivity contribution in [3.05, 3.63) is 89.5 Å². The molecule has 1 heterocycles. The van der Waals surface area contributed by atoms with Crippen LogP contribution in [0.4, 0.5) is 48.3 Å². The molecule has 1 fully saturated rings. The van der Waals surface area contributed by atoms with Crippen molar-refractivity contribution in [3.8, 4) is 28.4 Å². The molecule has 0 spiro atoms. The average molecular weight is 658 g/mol. The first kappa shape index (κ1) is 33.8. The summed E-state index contributed by atoms with van der Waals surface area (Å²) in [5.74, 6) is -10.4. The lowest BCUT2D eigenvalue weighted by molar-refractivity contribution is -0.352. The predicted molar refractivity (Wildman–Crippen MR) is 133 cm³/mol. The number of rotatable bonds is 11. The molecule has 0 saturated carbocycles. The topological polar surface area (TPSA) is 46.2 Å². The van der Waals surface area contributed by atoms with E-state index in [0.29, 0.717) is 24.6 Å². The molecule has 0 aliphatic carbocycles. The van der Waals surface area contributed by atoms with Gasteiger partial charge in [0.2, 0.25) is 5.75 Å². The van der Waals surface area contributed by atoms with E-state index in [1.165, 1.54) is 0 Å². The standard InChI is InChI=1S/C29H21F11O5/c1-2-3-14-12-41-27(42-13-14)29(39,40)44-16-5-6-18(20(30)9-16)15-4-7-19(21(31)8-15)28(37,38)45-17-10-22(32)24(23(33)11-17)43-26(36)25(34)35/h4-11,14,27H,2-3,12-13H2,1H3. The first-order chi connectivity index (χ1) is 21.1. The lowest BCUT2D eigenvalue weighted by atomic mass is 10.0. The van der Waals surface area contributed by atoms with Crippen molar-refractivity contribution in [2.45, 2.75) is 38.3 Å². The zero-order valence-electron chi connectivity index (χ0n) is 22.8. The van der Waals surface area contributed by atoms with E-state index in [0.717, 1.165) is 24.6 Å². The molecule has 1 saturated heterocycles. The molecule has 1 aliphatic heterocycles. The van der Waals surface area contributed by atoms with E-state index in [-0.39, 0.29) is 36.8 Å². The van der Waals surface area contributed by atoms with Crippen molar-refractivity contribution in [2.75, 3.05) is 13.2 Å². The van der Waals surface area contributed by atoms with Gasteiger partial charge in [-0.1, -0.05) is 19.4 Å². The van der Waals surface area contributed by atoms with Gasteiger partial charge in [-0.3, -0.25) is 0 Å². The van der Waals surface area contributed by atoms with Gasteiger partial charge in [0.05, 0.1) is 18.8 Å². The van der Waals surface area contributed by atoms with E-state index in [4.69, 9.17) is 9.47 Å². The van der Waals surface area contributed by atoms with Crippen molar-refractivity contribution in [1.29, 1.82) is 0 Å². The zero-order chi connectivity index (χ0) is 33.1. The number of hydrogen-bond donors (Lipinski definition) is 0. The minimum Gasteiger partial charge on any atom is -0.429 e. The maximum atomic E-state index is 14.8. The summed E-state index contributed by atoms with van der Waals surface area (Å²) in [6.45, 7) is 1.93. The fourth-order valence-corrected chi connectivity index (χ4v) is 4.25. The average Bonchev–Trinajstić information content (AvgIpc) is 2.94. The van der Waals surface area contributed by atoms with Crippen molar-refractivity contribution >= 4 is 0 Å². The Morgan fingerprint density at radius 3 is 1.96 bits per heavy atom. The molecule has 0 amide bonds. The van der Waals surface area contributed by atoms with Crippen molar-refractivity contribution in [1.82, 2.24) is 0 Å². The van der Waals surface area contributed by atoms with Gasteiger partial charge < -0.3 is 23.7 Å². The highest BCUT2D eigenvalue weighted by Gasteiger charge is 2.47. The fourth-order valence-electron chi connectivity index (χ4n) is 4.25. The Kier molecular flexibility index (Phi) is 10.2. The van der Waals surface area contributed by atoms with Crippen LogP contribution in [-0.2, 0) is 15.6 Å². The Labute approximate surface area is 247 Å². The molecule has 244 valence electrons. The summed E-state index contributed by atoms with van der Waals surface area (Å²) in [6, 6.07) is 1.56. The number of ether oxygens (including phenoxy) is 5. The molecule has 45 heavy (non-hydrogen) atoms. The van der Waals surface area contributed by atoms with Crippen LogP contribution in [0.3, 0.4) is 0 Å². The van der Waals surface area contributed by atoms with Gasteiger partial charge in [0.25, 0.3) is 6.29 Å². The number of halogens is 11. The maximum Gasteiger partial charge on any atom is 0.451 e. The molecule has 0 N–H and O–H groups in total. The van der Waals surface area contributed by atoms with Crippen LogP contribution in [0.25, 0.3) is 11.1 Å². The second-order valence-electron chi connectivity index (χ2n) is 9.62. The molecular weight excluding hydrogens is 637 g/mol. The molecule has 0 radical (unpaired) electrons. The van der Waals surface area contributed by atoms with Gasteiger partial charge in [0, 0.05) is 29.7 Å². The molecule has 0 bridgehead atoms. The Hall–Kier alpha value is -4.05. The Morgan fingerprint density at radius 2 is 1.40 bits per heavy atom. The van der Waals surface area contributed by atoms with Crippen molar-refractivity contribution < 1.29 is 72.0 Å². The normalized spacial score (nSPS) is 17.2. The zero-order valence-corrected chi connectivity index (χ0v) is 22.8. The molecule has 0 unspecified atom stereocenters. The highest BCUT2D eigenvalue weighted by molar-refractivity contribution is 5.65. The number of alkyl halides is 4. The van der Waals surface area contributed by atoms with E-state index < -0.39 is 82.2 Å². The molecule has 4 rings (SSSR count). The van der Waals surface area contributed by atoms with Crippen molar-refractivity contribution in [3.63, 3.8) is 0 Å². The fraction of sp³-hybridized carbons (Fsp3) is 0.310. The van der Waals surface area contributed by atoms with Crippen LogP contribution < -0.4 is 14.2 Å². The van der Waals surface area contributed by atoms with Gasteiger partial charge in [0.1, 0.15) is 23.1 Å². The third-order valence-electron chi connectivity index (χ3n) is 6.28. The summed E-state index contributed by atoms with van der Waals surface area (Å²) in [7, 11) is 0. The Balaban J connectivity index is 1.48. The quantitative estimate of drug-likeness (QED) is 0.152. The van der Waals surface area contributed by atoms with Gasteiger partial charge in [-0.2, -0.15) is 30.7 Å². The molecule has 3 aromatic carbocycles. The van der Waals surface area contributed by atoms with Crippen LogP contribution in [0.15, 0.2) is 60.6 Å². The van der Waals surface area contributed by atoms with Crippen LogP contribution in [-0.4, -0.2) is 25.6 Å². The molecule has 0 aromatic heterocycles. The lowest BCUT2D eigenvalue weighted by Crippen LogP contribution is -2.47. The SMILES string of the molecule is CCCC1COC(C(F)(F)Oc2ccc(-c3ccc(C(F)(F)Oc4cc(F)c(OC(F)=C(F)F)c(F)c4)c(F)c3)c(F)c2)OC1. The summed E-state index contributed by atoms with van der Waals surface area (Å²) in [5.41, 5.74) is -2.20. The molecule has 5 nitrogen and oxygen atoms in total. The van der Waals surface area contributed by atoms with Crippen LogP contribution in [0.5, 0.6) is 17.2 Å². The predicted octanol–water partition coefficient (Wildman–Crippen LogP) is 9.21. The second-order valence-corrected chi connectivity index (χ2v) is 9.62. The smallest absolute Gasteiger partial charge is 0.429 e. The second kappa shape index (κ2) is 13.5. The largest absolute Gasteiger partial charge is 0.451 e. The molecular formula is C29H21F11O5. The first-order valence-electron chi connectivity index (χ1n) is 13.0.